The van der Waals surface area contributed by atoms with Gasteiger partial charge in [-0.2, -0.15) is 18.3 Å². The van der Waals surface area contributed by atoms with Crippen molar-refractivity contribution in [2.75, 3.05) is 20.3 Å². The first-order valence-electron chi connectivity index (χ1n) is 11.8. The van der Waals surface area contributed by atoms with Gasteiger partial charge in [-0.1, -0.05) is 6.58 Å². The molecule has 2 aromatic rings. The third kappa shape index (κ3) is 5.87. The van der Waals surface area contributed by atoms with Crippen LogP contribution >= 0.6 is 0 Å². The second-order valence-electron chi connectivity index (χ2n) is 9.47. The number of methoxy groups -OCH3 is 1. The molecule has 2 aliphatic rings. The number of hydrogen-bond acceptors (Lipinski definition) is 5. The molecule has 3 atom stereocenters. The standard InChI is InChI=1S/C23H26F6N6O3/c1-12(24)20(36)33-19(13-3-5-22(25,26)6-4-13)15-9-35-18(31-15)7-14(8-30-35)16(11-38-2)34-10-17(23(27,28)29)32-21(34)37/h7-9,13,16-17,19H,1,3-6,10-11H2,2H3,(H,32,37)(H,33,36)/t16-,17+,19+/m1/s1. The minimum atomic E-state index is -4.63. The van der Waals surface area contributed by atoms with E-state index in [0.29, 0.717) is 5.56 Å². The Balaban J connectivity index is 1.64. The fraction of sp³-hybridized carbons (Fsp3) is 0.565. The number of urea groups is 1. The molecule has 1 aliphatic heterocycles. The average Bonchev–Trinajstić information content (AvgIpc) is 3.44. The molecule has 2 N–H and O–H groups in total. The number of carbonyl (C=O) groups is 2. The Morgan fingerprint density at radius 1 is 1.34 bits per heavy atom. The number of amides is 3. The number of alkyl halides is 5. The highest BCUT2D eigenvalue weighted by Gasteiger charge is 2.48. The SMILES string of the molecule is C=C(F)C(=O)N[C@H](c1cn2ncc([C@@H](COC)N3C[C@@H](C(F)(F)F)NC3=O)cc2n1)C1CCC(F)(F)CC1. The van der Waals surface area contributed by atoms with Crippen LogP contribution in [0.25, 0.3) is 5.65 Å². The molecule has 9 nitrogen and oxygen atoms in total. The van der Waals surface area contributed by atoms with Gasteiger partial charge < -0.3 is 20.3 Å². The summed E-state index contributed by atoms with van der Waals surface area (Å²) in [4.78, 5) is 29.9. The predicted molar refractivity (Wildman–Crippen MR) is 121 cm³/mol. The molecule has 0 bridgehead atoms. The van der Waals surface area contributed by atoms with Crippen molar-refractivity contribution in [2.24, 2.45) is 5.92 Å². The van der Waals surface area contributed by atoms with Crippen molar-refractivity contribution < 1.29 is 40.7 Å². The summed E-state index contributed by atoms with van der Waals surface area (Å²) in [6.45, 7) is 2.21. The quantitative estimate of drug-likeness (QED) is 0.386. The van der Waals surface area contributed by atoms with Crippen molar-refractivity contribution in [1.82, 2.24) is 30.1 Å². The summed E-state index contributed by atoms with van der Waals surface area (Å²) in [6, 6.07) is -3.29. The first kappa shape index (κ1) is 27.7. The van der Waals surface area contributed by atoms with E-state index in [1.54, 1.807) is 0 Å². The number of imidazole rings is 1. The molecule has 2 aromatic heterocycles. The number of carbonyl (C=O) groups excluding carboxylic acids is 2. The number of halogens is 6. The minimum Gasteiger partial charge on any atom is -0.382 e. The van der Waals surface area contributed by atoms with Gasteiger partial charge in [0.25, 0.3) is 5.91 Å². The number of fused-ring (bicyclic) bond motifs is 1. The van der Waals surface area contributed by atoms with Crippen molar-refractivity contribution in [2.45, 2.75) is 55.9 Å². The van der Waals surface area contributed by atoms with Gasteiger partial charge in [-0.3, -0.25) is 4.79 Å². The Labute approximate surface area is 213 Å². The lowest BCUT2D eigenvalue weighted by Gasteiger charge is -2.33. The van der Waals surface area contributed by atoms with Gasteiger partial charge in [0.2, 0.25) is 5.92 Å². The van der Waals surface area contributed by atoms with Gasteiger partial charge in [-0.05, 0) is 24.8 Å². The molecular formula is C23H26F6N6O3. The normalized spacial score (nSPS) is 21.8. The van der Waals surface area contributed by atoms with Crippen LogP contribution in [0, 0.1) is 5.92 Å². The van der Waals surface area contributed by atoms with Gasteiger partial charge >= 0.3 is 12.2 Å². The first-order valence-corrected chi connectivity index (χ1v) is 11.8. The maximum Gasteiger partial charge on any atom is 0.410 e. The topological polar surface area (TPSA) is 101 Å². The van der Waals surface area contributed by atoms with E-state index >= 15 is 0 Å². The molecule has 208 valence electrons. The van der Waals surface area contributed by atoms with Crippen LogP contribution in [-0.2, 0) is 9.53 Å². The first-order chi connectivity index (χ1) is 17.8. The van der Waals surface area contributed by atoms with Gasteiger partial charge in [0, 0.05) is 25.5 Å². The second kappa shape index (κ2) is 10.4. The van der Waals surface area contributed by atoms with E-state index in [1.807, 2.05) is 5.32 Å². The summed E-state index contributed by atoms with van der Waals surface area (Å²) in [7, 11) is 1.33. The number of hydrogen-bond donors (Lipinski definition) is 2. The maximum absolute atomic E-state index is 13.7. The predicted octanol–water partition coefficient (Wildman–Crippen LogP) is 3.84. The lowest BCUT2D eigenvalue weighted by atomic mass is 9.81. The molecule has 4 rings (SSSR count). The fourth-order valence-corrected chi connectivity index (χ4v) is 4.83. The Kier molecular flexibility index (Phi) is 7.59. The summed E-state index contributed by atoms with van der Waals surface area (Å²) >= 11 is 0. The Hall–Kier alpha value is -3.36. The lowest BCUT2D eigenvalue weighted by molar-refractivity contribution is -0.150. The molecule has 0 unspecified atom stereocenters. The van der Waals surface area contributed by atoms with Crippen LogP contribution in [0.3, 0.4) is 0 Å². The molecular weight excluding hydrogens is 522 g/mol. The zero-order valence-corrected chi connectivity index (χ0v) is 20.3. The molecule has 1 saturated carbocycles. The van der Waals surface area contributed by atoms with Crippen LogP contribution in [-0.4, -0.2) is 69.8 Å². The van der Waals surface area contributed by atoms with Gasteiger partial charge in [0.05, 0.1) is 43.3 Å². The molecule has 3 amide bonds. The molecule has 1 saturated heterocycles. The zero-order chi connectivity index (χ0) is 27.8. The van der Waals surface area contributed by atoms with Crippen molar-refractivity contribution in [1.29, 1.82) is 0 Å². The fourth-order valence-electron chi connectivity index (χ4n) is 4.83. The average molecular weight is 548 g/mol. The second-order valence-corrected chi connectivity index (χ2v) is 9.47. The smallest absolute Gasteiger partial charge is 0.382 e. The van der Waals surface area contributed by atoms with E-state index in [-0.39, 0.29) is 30.8 Å². The summed E-state index contributed by atoms with van der Waals surface area (Å²) in [6.07, 6.45) is -2.51. The van der Waals surface area contributed by atoms with Crippen molar-refractivity contribution in [3.05, 3.63) is 42.1 Å². The Morgan fingerprint density at radius 3 is 2.61 bits per heavy atom. The lowest BCUT2D eigenvalue weighted by Crippen LogP contribution is -2.40. The third-order valence-corrected chi connectivity index (χ3v) is 6.86. The number of aromatic nitrogens is 3. The molecule has 38 heavy (non-hydrogen) atoms. The van der Waals surface area contributed by atoms with Gasteiger partial charge in [0.15, 0.2) is 11.5 Å². The monoisotopic (exact) mass is 548 g/mol. The van der Waals surface area contributed by atoms with E-state index < -0.39 is 73.3 Å². The molecule has 1 aliphatic carbocycles. The van der Waals surface area contributed by atoms with Crippen LogP contribution in [0.4, 0.5) is 31.1 Å². The molecule has 0 radical (unpaired) electrons. The maximum atomic E-state index is 13.7. The summed E-state index contributed by atoms with van der Waals surface area (Å²) in [5, 5.41) is 8.61. The van der Waals surface area contributed by atoms with E-state index in [4.69, 9.17) is 4.74 Å². The highest BCUT2D eigenvalue weighted by Crippen LogP contribution is 2.41. The summed E-state index contributed by atoms with van der Waals surface area (Å²) < 4.78 is 87.0. The van der Waals surface area contributed by atoms with Gasteiger partial charge in [0.1, 0.15) is 6.04 Å². The highest BCUT2D eigenvalue weighted by molar-refractivity contribution is 5.90. The molecule has 2 fully saturated rings. The molecule has 0 aromatic carbocycles. The van der Waals surface area contributed by atoms with Crippen LogP contribution in [0.2, 0.25) is 0 Å². The third-order valence-electron chi connectivity index (χ3n) is 6.86. The number of rotatable bonds is 8. The van der Waals surface area contributed by atoms with E-state index in [2.05, 4.69) is 22.0 Å². The van der Waals surface area contributed by atoms with E-state index in [1.165, 1.54) is 30.1 Å². The Bertz CT molecular complexity index is 1210. The minimum absolute atomic E-state index is 0.0591. The van der Waals surface area contributed by atoms with Crippen LogP contribution in [0.5, 0.6) is 0 Å². The summed E-state index contributed by atoms with van der Waals surface area (Å²) in [5.41, 5.74) is 0.786. The van der Waals surface area contributed by atoms with E-state index in [0.717, 1.165) is 4.90 Å². The van der Waals surface area contributed by atoms with Crippen LogP contribution in [0.15, 0.2) is 30.9 Å². The van der Waals surface area contributed by atoms with Crippen LogP contribution in [0.1, 0.15) is 49.0 Å². The molecule has 15 heteroatoms. The number of ether oxygens (including phenoxy) is 1. The molecule has 3 heterocycles. The van der Waals surface area contributed by atoms with Gasteiger partial charge in [-0.25, -0.2) is 27.5 Å². The largest absolute Gasteiger partial charge is 0.410 e. The van der Waals surface area contributed by atoms with E-state index in [9.17, 15) is 35.9 Å². The van der Waals surface area contributed by atoms with Crippen molar-refractivity contribution in [3.63, 3.8) is 0 Å². The number of nitrogens with one attached hydrogen (secondary N) is 2. The molecule has 0 spiro atoms. The Morgan fingerprint density at radius 2 is 2.03 bits per heavy atom. The highest BCUT2D eigenvalue weighted by atomic mass is 19.4. The zero-order valence-electron chi connectivity index (χ0n) is 20.3. The summed E-state index contributed by atoms with van der Waals surface area (Å²) in [5.74, 6) is -5.63. The number of nitrogens with zero attached hydrogens (tertiary/aromatic N) is 4. The van der Waals surface area contributed by atoms with Gasteiger partial charge in [-0.15, -0.1) is 0 Å². The van der Waals surface area contributed by atoms with Crippen molar-refractivity contribution in [3.8, 4) is 0 Å². The van der Waals surface area contributed by atoms with Crippen molar-refractivity contribution >= 4 is 17.6 Å². The van der Waals surface area contributed by atoms with Crippen LogP contribution < -0.4 is 10.6 Å².